The van der Waals surface area contributed by atoms with Gasteiger partial charge in [-0.1, -0.05) is 104 Å². The third kappa shape index (κ3) is 4.56. The molecule has 146 valence electrons. The van der Waals surface area contributed by atoms with Gasteiger partial charge in [-0.15, -0.1) is 0 Å². The van der Waals surface area contributed by atoms with E-state index in [2.05, 4.69) is 9.97 Å². The average molecular weight is 556 g/mol. The highest BCUT2D eigenvalue weighted by molar-refractivity contribution is 6.41. The van der Waals surface area contributed by atoms with Gasteiger partial charge < -0.3 is 0 Å². The Bertz CT molecular complexity index is 879. The Hall–Kier alpha value is 0.130. The van der Waals surface area contributed by atoms with Crippen molar-refractivity contribution in [2.45, 2.75) is 5.92 Å². The van der Waals surface area contributed by atoms with E-state index in [1.165, 1.54) is 24.3 Å². The quantitative estimate of drug-likeness (QED) is 0.301. The predicted molar refractivity (Wildman–Crippen MR) is 121 cm³/mol. The minimum Gasteiger partial charge on any atom is -0.224 e. The van der Waals surface area contributed by atoms with E-state index in [1.54, 1.807) is 0 Å². The van der Waals surface area contributed by atoms with Crippen LogP contribution in [-0.4, -0.2) is 9.97 Å². The maximum atomic E-state index is 6.47. The van der Waals surface area contributed by atoms with E-state index in [4.69, 9.17) is 104 Å². The zero-order valence-electron chi connectivity index (χ0n) is 13.2. The summed E-state index contributed by atoms with van der Waals surface area (Å²) in [6, 6.07) is 5.90. The molecule has 28 heavy (non-hydrogen) atoms. The highest BCUT2D eigenvalue weighted by Crippen LogP contribution is 2.49. The molecule has 0 spiro atoms. The summed E-state index contributed by atoms with van der Waals surface area (Å²) in [5, 5.41) is 1.50. The van der Waals surface area contributed by atoms with Crippen LogP contribution in [0.25, 0.3) is 0 Å². The molecule has 0 aliphatic rings. The molecule has 0 fully saturated rings. The Kier molecular flexibility index (Phi) is 7.41. The average Bonchev–Trinajstić information content (AvgIpc) is 2.51. The Balaban J connectivity index is 2.45. The molecule has 0 saturated heterocycles. The van der Waals surface area contributed by atoms with E-state index in [9.17, 15) is 0 Å². The van der Waals surface area contributed by atoms with Crippen LogP contribution in [0.5, 0.6) is 0 Å². The third-order valence-electron chi connectivity index (χ3n) is 3.77. The Morgan fingerprint density at radius 2 is 0.857 bits per heavy atom. The molecule has 0 saturated carbocycles. The monoisotopic (exact) mass is 552 g/mol. The van der Waals surface area contributed by atoms with Gasteiger partial charge in [0.1, 0.15) is 20.6 Å². The minimum atomic E-state index is -0.827. The van der Waals surface area contributed by atoms with Gasteiger partial charge in [0.15, 0.2) is 0 Å². The fourth-order valence-electron chi connectivity index (χ4n) is 2.71. The van der Waals surface area contributed by atoms with Gasteiger partial charge in [-0.05, 0) is 24.3 Å². The summed E-state index contributed by atoms with van der Waals surface area (Å²) in [6.07, 6.45) is 0. The van der Waals surface area contributed by atoms with Crippen molar-refractivity contribution in [3.05, 3.63) is 86.7 Å². The van der Waals surface area contributed by atoms with Crippen LogP contribution in [0.1, 0.15) is 22.6 Å². The van der Waals surface area contributed by atoms with E-state index in [0.717, 1.165) is 0 Å². The van der Waals surface area contributed by atoms with Gasteiger partial charge in [-0.3, -0.25) is 0 Å². The summed E-state index contributed by atoms with van der Waals surface area (Å²) in [6.45, 7) is 0. The molecule has 0 aliphatic carbocycles. The number of pyridine rings is 2. The normalized spacial score (nSPS) is 11.4. The first-order valence-corrected chi connectivity index (χ1v) is 10.7. The van der Waals surface area contributed by atoms with Gasteiger partial charge in [0, 0.05) is 37.7 Å². The summed E-state index contributed by atoms with van der Waals surface area (Å²) >= 11 is 56.5. The molecule has 0 aliphatic heterocycles. The van der Waals surface area contributed by atoms with Gasteiger partial charge in [0.05, 0.1) is 10.0 Å². The van der Waals surface area contributed by atoms with Crippen molar-refractivity contribution in [3.63, 3.8) is 0 Å². The molecule has 0 unspecified atom stereocenters. The van der Waals surface area contributed by atoms with Crippen LogP contribution < -0.4 is 0 Å². The number of rotatable bonds is 3. The van der Waals surface area contributed by atoms with Crippen LogP contribution in [0.4, 0.5) is 0 Å². The number of halogens is 9. The highest BCUT2D eigenvalue weighted by Gasteiger charge is 2.32. The van der Waals surface area contributed by atoms with E-state index in [1.807, 2.05) is 0 Å². The van der Waals surface area contributed by atoms with Crippen molar-refractivity contribution in [2.75, 3.05) is 0 Å². The molecule has 3 rings (SSSR count). The first-order valence-electron chi connectivity index (χ1n) is 7.27. The second kappa shape index (κ2) is 9.09. The van der Waals surface area contributed by atoms with Crippen LogP contribution in [0.2, 0.25) is 45.7 Å². The summed E-state index contributed by atoms with van der Waals surface area (Å²) in [7, 11) is 0. The van der Waals surface area contributed by atoms with Crippen LogP contribution in [0, 0.1) is 0 Å². The molecule has 2 heterocycles. The molecule has 11 heteroatoms. The number of aromatic nitrogens is 2. The van der Waals surface area contributed by atoms with Crippen molar-refractivity contribution >= 4 is 104 Å². The van der Waals surface area contributed by atoms with Crippen molar-refractivity contribution < 1.29 is 0 Å². The largest absolute Gasteiger partial charge is 0.224 e. The second-order valence-electron chi connectivity index (χ2n) is 5.48. The second-order valence-corrected chi connectivity index (χ2v) is 9.03. The van der Waals surface area contributed by atoms with Crippen LogP contribution in [0.15, 0.2) is 24.3 Å². The molecule has 0 atom stereocenters. The Morgan fingerprint density at radius 3 is 1.21 bits per heavy atom. The molecule has 2 nitrogen and oxygen atoms in total. The lowest BCUT2D eigenvalue weighted by atomic mass is 9.86. The van der Waals surface area contributed by atoms with Gasteiger partial charge in [0.25, 0.3) is 0 Å². The number of hydrogen-bond donors (Lipinski definition) is 0. The van der Waals surface area contributed by atoms with Gasteiger partial charge in [-0.25, -0.2) is 9.97 Å². The van der Waals surface area contributed by atoms with Crippen LogP contribution in [0.3, 0.4) is 0 Å². The molecule has 1 aromatic carbocycles. The summed E-state index contributed by atoms with van der Waals surface area (Å²) in [5.74, 6) is -0.827. The molecular weight excluding hydrogens is 551 g/mol. The maximum absolute atomic E-state index is 6.47. The topological polar surface area (TPSA) is 25.8 Å². The zero-order chi connectivity index (χ0) is 20.7. The van der Waals surface area contributed by atoms with E-state index in [0.29, 0.717) is 21.7 Å². The molecule has 3 aromatic rings. The zero-order valence-corrected chi connectivity index (χ0v) is 20.0. The summed E-state index contributed by atoms with van der Waals surface area (Å²) in [4.78, 5) is 8.12. The highest BCUT2D eigenvalue weighted by atomic mass is 35.5. The number of nitrogens with zero attached hydrogens (tertiary/aromatic N) is 2. The van der Waals surface area contributed by atoms with E-state index in [-0.39, 0.29) is 40.7 Å². The lowest BCUT2D eigenvalue weighted by Gasteiger charge is -2.24. The van der Waals surface area contributed by atoms with Gasteiger partial charge >= 0.3 is 0 Å². The summed E-state index contributed by atoms with van der Waals surface area (Å²) in [5.41, 5.74) is 1.09. The lowest BCUT2D eigenvalue weighted by Crippen LogP contribution is -2.10. The molecular formula is C17H5Cl9N2. The molecule has 2 aromatic heterocycles. The van der Waals surface area contributed by atoms with Crippen LogP contribution in [-0.2, 0) is 0 Å². The molecule has 0 N–H and O–H groups in total. The van der Waals surface area contributed by atoms with Gasteiger partial charge in [-0.2, -0.15) is 0 Å². The van der Waals surface area contributed by atoms with E-state index >= 15 is 0 Å². The first-order chi connectivity index (χ1) is 13.1. The van der Waals surface area contributed by atoms with Crippen molar-refractivity contribution in [3.8, 4) is 0 Å². The Labute approximate surface area is 205 Å². The standard InChI is InChI=1S/C17H5Cl9N2/c18-5-1-6(19)12(7(20)2-5)15(13-8(21)3-10(23)27-16(13)25)14-9(22)4-11(24)28-17(14)26/h1-4,15H. The number of benzene rings is 1. The lowest BCUT2D eigenvalue weighted by molar-refractivity contribution is 0.953. The van der Waals surface area contributed by atoms with Crippen molar-refractivity contribution in [1.82, 2.24) is 9.97 Å². The molecule has 0 bridgehead atoms. The number of hydrogen-bond acceptors (Lipinski definition) is 2. The Morgan fingerprint density at radius 1 is 0.500 bits per heavy atom. The first kappa shape index (κ1) is 22.8. The molecule has 0 radical (unpaired) electrons. The van der Waals surface area contributed by atoms with Crippen LogP contribution >= 0.6 is 104 Å². The fraction of sp³-hybridized carbons (Fsp3) is 0.0588. The van der Waals surface area contributed by atoms with Crippen molar-refractivity contribution in [2.24, 2.45) is 0 Å². The predicted octanol–water partition coefficient (Wildman–Crippen LogP) is 9.54. The smallest absolute Gasteiger partial charge is 0.136 e. The molecule has 0 amide bonds. The van der Waals surface area contributed by atoms with E-state index < -0.39 is 5.92 Å². The summed E-state index contributed by atoms with van der Waals surface area (Å²) < 4.78 is 0. The third-order valence-corrected chi connectivity index (χ3v) is 6.20. The minimum absolute atomic E-state index is 0.0201. The maximum Gasteiger partial charge on any atom is 0.136 e. The fourth-order valence-corrected chi connectivity index (χ4v) is 5.64. The van der Waals surface area contributed by atoms with Gasteiger partial charge in [0.2, 0.25) is 0 Å². The van der Waals surface area contributed by atoms with Crippen molar-refractivity contribution in [1.29, 1.82) is 0 Å². The SMILES string of the molecule is Clc1cc(Cl)c(C(c2c(Cl)cc(Cl)nc2Cl)c2c(Cl)cc(Cl)nc2Cl)c(Cl)c1.